The minimum Gasteiger partial charge on any atom is -0.493 e. The van der Waals surface area contributed by atoms with E-state index in [1.807, 2.05) is 36.4 Å². The highest BCUT2D eigenvalue weighted by Crippen LogP contribution is 2.41. The fraction of sp³-hybridized carbons (Fsp3) is 0.364. The summed E-state index contributed by atoms with van der Waals surface area (Å²) in [5, 5.41) is 0. The van der Waals surface area contributed by atoms with E-state index in [4.69, 9.17) is 15.2 Å². The van der Waals surface area contributed by atoms with Gasteiger partial charge in [-0.15, -0.1) is 0 Å². The van der Waals surface area contributed by atoms with Gasteiger partial charge in [0, 0.05) is 6.92 Å². The second-order valence-electron chi connectivity index (χ2n) is 3.43. The molecular weight excluding hydrogens is 321 g/mol. The van der Waals surface area contributed by atoms with Gasteiger partial charge in [-0.25, -0.2) is 0 Å². The van der Waals surface area contributed by atoms with E-state index >= 15 is 0 Å². The van der Waals surface area contributed by atoms with Crippen molar-refractivity contribution >= 4 is 34.2 Å². The maximum absolute atomic E-state index is 11.0. The summed E-state index contributed by atoms with van der Waals surface area (Å²) in [6.45, 7) is 5.14. The number of halogens is 1. The second kappa shape index (κ2) is 4.90. The smallest absolute Gasteiger partial charge is 0.308 e. The van der Waals surface area contributed by atoms with Crippen LogP contribution in [-0.4, -0.2) is 13.1 Å². The Morgan fingerprint density at radius 1 is 1.25 bits per heavy atom. The van der Waals surface area contributed by atoms with E-state index in [1.165, 1.54) is 6.92 Å². The van der Waals surface area contributed by atoms with E-state index in [1.54, 1.807) is 7.11 Å². The molecule has 0 atom stereocenters. The quantitative estimate of drug-likeness (QED) is 0.390. The predicted octanol–water partition coefficient (Wildman–Crippen LogP) is 2.42. The number of carbonyl (C=O) groups is 1. The summed E-state index contributed by atoms with van der Waals surface area (Å²) in [7, 11) is 1.54. The van der Waals surface area contributed by atoms with E-state index in [9.17, 15) is 4.79 Å². The predicted molar refractivity (Wildman–Crippen MR) is 70.9 cm³/mol. The lowest BCUT2D eigenvalue weighted by Crippen LogP contribution is -2.08. The third kappa shape index (κ3) is 2.23. The van der Waals surface area contributed by atoms with Gasteiger partial charge in [0.05, 0.1) is 16.4 Å². The van der Waals surface area contributed by atoms with E-state index in [-0.39, 0.29) is 5.97 Å². The Labute approximate surface area is 108 Å². The molecule has 0 heterocycles. The summed E-state index contributed by atoms with van der Waals surface area (Å²) >= 11 is 2.05. The van der Waals surface area contributed by atoms with Crippen LogP contribution in [0.3, 0.4) is 0 Å². The first kappa shape index (κ1) is 13.1. The molecule has 0 fully saturated rings. The average Bonchev–Trinajstić information content (AvgIpc) is 2.23. The zero-order valence-corrected chi connectivity index (χ0v) is 11.8. The molecule has 0 saturated carbocycles. The number of ether oxygens (including phenoxy) is 2. The molecule has 0 spiro atoms. The number of hydrogen-bond acceptors (Lipinski definition) is 4. The normalized spacial score (nSPS) is 10.1. The number of anilines is 1. The third-order valence-corrected chi connectivity index (χ3v) is 3.47. The summed E-state index contributed by atoms with van der Waals surface area (Å²) in [4.78, 5) is 11.0. The number of rotatable bonds is 2. The van der Waals surface area contributed by atoms with Crippen LogP contribution in [-0.2, 0) is 4.79 Å². The lowest BCUT2D eigenvalue weighted by molar-refractivity contribution is -0.132. The van der Waals surface area contributed by atoms with Crippen LogP contribution in [0, 0.1) is 17.4 Å². The molecule has 0 aromatic heterocycles. The monoisotopic (exact) mass is 335 g/mol. The first-order valence-corrected chi connectivity index (χ1v) is 5.78. The number of carbonyl (C=O) groups excluding carboxylic acids is 1. The summed E-state index contributed by atoms with van der Waals surface area (Å²) < 4.78 is 11.1. The average molecular weight is 335 g/mol. The molecular formula is C11H14INO3. The standard InChI is InChI=1S/C11H14INO3/c1-5-6(2)10(15-4)11(16-7(3)14)8(12)9(5)13/h13H2,1-4H3. The molecule has 1 rings (SSSR count). The van der Waals surface area contributed by atoms with Gasteiger partial charge in [-0.3, -0.25) is 4.79 Å². The number of hydrogen-bond donors (Lipinski definition) is 1. The molecule has 1 aromatic rings. The van der Waals surface area contributed by atoms with Crippen molar-refractivity contribution < 1.29 is 14.3 Å². The molecule has 0 radical (unpaired) electrons. The van der Waals surface area contributed by atoms with Gasteiger partial charge < -0.3 is 15.2 Å². The van der Waals surface area contributed by atoms with Gasteiger partial charge in [0.1, 0.15) is 0 Å². The van der Waals surface area contributed by atoms with Crippen LogP contribution in [0.15, 0.2) is 0 Å². The highest BCUT2D eigenvalue weighted by Gasteiger charge is 2.19. The minimum absolute atomic E-state index is 0.390. The Morgan fingerprint density at radius 2 is 1.81 bits per heavy atom. The minimum atomic E-state index is -0.390. The Morgan fingerprint density at radius 3 is 2.25 bits per heavy atom. The highest BCUT2D eigenvalue weighted by molar-refractivity contribution is 14.1. The summed E-state index contributed by atoms with van der Waals surface area (Å²) in [6.07, 6.45) is 0. The van der Waals surface area contributed by atoms with E-state index in [0.29, 0.717) is 20.8 Å². The maximum atomic E-state index is 11.0. The molecule has 0 amide bonds. The molecule has 2 N–H and O–H groups in total. The molecule has 0 aliphatic rings. The van der Waals surface area contributed by atoms with Crippen molar-refractivity contribution in [1.82, 2.24) is 0 Å². The molecule has 88 valence electrons. The Hall–Kier alpha value is -0.980. The highest BCUT2D eigenvalue weighted by atomic mass is 127. The summed E-state index contributed by atoms with van der Waals surface area (Å²) in [6, 6.07) is 0. The number of nitrogen functional groups attached to an aromatic ring is 1. The first-order chi connectivity index (χ1) is 7.40. The molecule has 16 heavy (non-hydrogen) atoms. The van der Waals surface area contributed by atoms with E-state index in [2.05, 4.69) is 0 Å². The Bertz CT molecular complexity index is 444. The molecule has 0 unspecified atom stereocenters. The Balaban J connectivity index is 3.50. The lowest BCUT2D eigenvalue weighted by Gasteiger charge is -2.17. The molecule has 0 bridgehead atoms. The van der Waals surface area contributed by atoms with Gasteiger partial charge in [-0.1, -0.05) is 0 Å². The number of esters is 1. The number of methoxy groups -OCH3 is 1. The maximum Gasteiger partial charge on any atom is 0.308 e. The SMILES string of the molecule is COc1c(C)c(C)c(N)c(I)c1OC(C)=O. The summed E-state index contributed by atoms with van der Waals surface area (Å²) in [5.74, 6) is 0.571. The van der Waals surface area contributed by atoms with Crippen molar-refractivity contribution in [2.24, 2.45) is 0 Å². The van der Waals surface area contributed by atoms with Crippen molar-refractivity contribution in [2.75, 3.05) is 12.8 Å². The van der Waals surface area contributed by atoms with Crippen LogP contribution in [0.1, 0.15) is 18.1 Å². The van der Waals surface area contributed by atoms with Gasteiger partial charge in [-0.05, 0) is 47.6 Å². The van der Waals surface area contributed by atoms with Crippen molar-refractivity contribution in [2.45, 2.75) is 20.8 Å². The molecule has 1 aromatic carbocycles. The van der Waals surface area contributed by atoms with Crippen molar-refractivity contribution in [1.29, 1.82) is 0 Å². The Kier molecular flexibility index (Phi) is 4.01. The van der Waals surface area contributed by atoms with Gasteiger partial charge in [-0.2, -0.15) is 0 Å². The van der Waals surface area contributed by atoms with E-state index in [0.717, 1.165) is 11.1 Å². The molecule has 0 saturated heterocycles. The first-order valence-electron chi connectivity index (χ1n) is 4.70. The van der Waals surface area contributed by atoms with Crippen molar-refractivity contribution in [3.05, 3.63) is 14.7 Å². The van der Waals surface area contributed by atoms with Crippen LogP contribution < -0.4 is 15.2 Å². The molecule has 0 aliphatic heterocycles. The van der Waals surface area contributed by atoms with E-state index < -0.39 is 0 Å². The molecule has 4 nitrogen and oxygen atoms in total. The third-order valence-electron chi connectivity index (χ3n) is 2.40. The second-order valence-corrected chi connectivity index (χ2v) is 4.51. The topological polar surface area (TPSA) is 61.6 Å². The van der Waals surface area contributed by atoms with Crippen LogP contribution in [0.5, 0.6) is 11.5 Å². The lowest BCUT2D eigenvalue weighted by atomic mass is 10.1. The molecule has 0 aliphatic carbocycles. The molecule has 5 heteroatoms. The fourth-order valence-corrected chi connectivity index (χ4v) is 2.17. The summed E-state index contributed by atoms with van der Waals surface area (Å²) in [5.41, 5.74) is 8.38. The van der Waals surface area contributed by atoms with Crippen molar-refractivity contribution in [3.63, 3.8) is 0 Å². The van der Waals surface area contributed by atoms with Crippen molar-refractivity contribution in [3.8, 4) is 11.5 Å². The largest absolute Gasteiger partial charge is 0.493 e. The van der Waals surface area contributed by atoms with Gasteiger partial charge in [0.15, 0.2) is 11.5 Å². The number of nitrogens with two attached hydrogens (primary N) is 1. The van der Waals surface area contributed by atoms with Gasteiger partial charge >= 0.3 is 5.97 Å². The zero-order chi connectivity index (χ0) is 12.5. The van der Waals surface area contributed by atoms with Crippen LogP contribution in [0.4, 0.5) is 5.69 Å². The van der Waals surface area contributed by atoms with Crippen LogP contribution >= 0.6 is 22.6 Å². The van der Waals surface area contributed by atoms with Gasteiger partial charge in [0.2, 0.25) is 0 Å². The zero-order valence-electron chi connectivity index (χ0n) is 9.68. The van der Waals surface area contributed by atoms with Gasteiger partial charge in [0.25, 0.3) is 0 Å². The van der Waals surface area contributed by atoms with Crippen LogP contribution in [0.2, 0.25) is 0 Å². The van der Waals surface area contributed by atoms with Crippen LogP contribution in [0.25, 0.3) is 0 Å². The fourth-order valence-electron chi connectivity index (χ4n) is 1.41. The number of benzene rings is 1.